The number of aromatic nitrogens is 1. The molecule has 2 rings (SSSR count). The van der Waals surface area contributed by atoms with E-state index < -0.39 is 19.1 Å². The molecule has 0 fully saturated rings. The van der Waals surface area contributed by atoms with Gasteiger partial charge in [-0.15, -0.1) is 0 Å². The Morgan fingerprint density at radius 2 is 1.88 bits per heavy atom. The number of hydrogen-bond donors (Lipinski definition) is 3. The summed E-state index contributed by atoms with van der Waals surface area (Å²) in [6, 6.07) is 5.74. The number of carbonyl (C=O) groups excluding carboxylic acids is 2. The van der Waals surface area contributed by atoms with Crippen LogP contribution in [0.5, 0.6) is 0 Å². The van der Waals surface area contributed by atoms with Gasteiger partial charge in [0.15, 0.2) is 5.69 Å². The Morgan fingerprint density at radius 3 is 2.40 bits per heavy atom. The van der Waals surface area contributed by atoms with E-state index in [1.807, 2.05) is 6.07 Å². The number of benzene rings is 1. The van der Waals surface area contributed by atoms with Crippen molar-refractivity contribution < 1.29 is 29.1 Å². The number of anilines is 1. The predicted octanol–water partition coefficient (Wildman–Crippen LogP) is -0.816. The van der Waals surface area contributed by atoms with E-state index >= 15 is 0 Å². The molecule has 9 nitrogen and oxygen atoms in total. The topological polar surface area (TPSA) is 148 Å². The smallest absolute Gasteiger partial charge is 0.465 e. The minimum absolute atomic E-state index is 0.0118. The van der Waals surface area contributed by atoms with Crippen molar-refractivity contribution in [3.63, 3.8) is 0 Å². The summed E-state index contributed by atoms with van der Waals surface area (Å²) in [5.74, 6) is -1.50. The molecule has 10 heteroatoms. The third kappa shape index (κ3) is 3.19. The molecule has 2 aromatic rings. The van der Waals surface area contributed by atoms with Crippen LogP contribution in [0, 0.1) is 11.3 Å². The van der Waals surface area contributed by atoms with Crippen molar-refractivity contribution in [3.8, 4) is 11.8 Å². The molecule has 1 aromatic heterocycles. The van der Waals surface area contributed by atoms with Gasteiger partial charge in [0, 0.05) is 17.3 Å². The van der Waals surface area contributed by atoms with Gasteiger partial charge in [0.05, 0.1) is 31.0 Å². The quantitative estimate of drug-likeness (QED) is 0.482. The fourth-order valence-electron chi connectivity index (χ4n) is 2.32. The van der Waals surface area contributed by atoms with E-state index in [4.69, 9.17) is 11.0 Å². The standard InChI is InChI=1S/C15H14BN3O6/c1-24-14(20)8-3-4-10(16(22)23)11(5-8)19-7-9(6-17)12(18)13(19)15(21)25-2/h3-5,7,22-23H,18H2,1-2H3. The first-order valence-corrected chi connectivity index (χ1v) is 6.93. The Labute approximate surface area is 142 Å². The highest BCUT2D eigenvalue weighted by atomic mass is 16.5. The maximum Gasteiger partial charge on any atom is 0.490 e. The number of nitrogens with two attached hydrogens (primary N) is 1. The van der Waals surface area contributed by atoms with Crippen molar-refractivity contribution in [1.82, 2.24) is 4.57 Å². The molecule has 0 bridgehead atoms. The average molecular weight is 343 g/mol. The molecule has 0 aliphatic heterocycles. The SMILES string of the molecule is COC(=O)c1ccc(B(O)O)c(-n2cc(C#N)c(N)c2C(=O)OC)c1. The van der Waals surface area contributed by atoms with Gasteiger partial charge in [-0.3, -0.25) is 0 Å². The van der Waals surface area contributed by atoms with Crippen LogP contribution in [-0.4, -0.2) is 47.9 Å². The number of rotatable bonds is 4. The Hall–Kier alpha value is -3.29. The van der Waals surface area contributed by atoms with E-state index in [0.717, 1.165) is 7.11 Å². The van der Waals surface area contributed by atoms with Gasteiger partial charge < -0.3 is 29.8 Å². The van der Waals surface area contributed by atoms with Crippen molar-refractivity contribution >= 4 is 30.2 Å². The first-order chi connectivity index (χ1) is 11.8. The molecule has 0 aliphatic carbocycles. The van der Waals surface area contributed by atoms with E-state index in [1.165, 1.54) is 36.1 Å². The summed E-state index contributed by atoms with van der Waals surface area (Å²) in [6.07, 6.45) is 1.24. The number of hydrogen-bond acceptors (Lipinski definition) is 8. The van der Waals surface area contributed by atoms with Crippen LogP contribution in [0.4, 0.5) is 5.69 Å². The van der Waals surface area contributed by atoms with Crippen molar-refractivity contribution in [2.45, 2.75) is 0 Å². The van der Waals surface area contributed by atoms with Crippen LogP contribution in [0.3, 0.4) is 0 Å². The zero-order valence-electron chi connectivity index (χ0n) is 13.4. The number of nitriles is 1. The lowest BCUT2D eigenvalue weighted by Gasteiger charge is -2.14. The van der Waals surface area contributed by atoms with E-state index in [2.05, 4.69) is 9.47 Å². The van der Waals surface area contributed by atoms with Crippen molar-refractivity contribution in [1.29, 1.82) is 5.26 Å². The van der Waals surface area contributed by atoms with Crippen LogP contribution in [-0.2, 0) is 9.47 Å². The van der Waals surface area contributed by atoms with Crippen molar-refractivity contribution in [3.05, 3.63) is 41.2 Å². The minimum atomic E-state index is -1.90. The van der Waals surface area contributed by atoms with Crippen LogP contribution < -0.4 is 11.2 Å². The molecule has 128 valence electrons. The summed E-state index contributed by atoms with van der Waals surface area (Å²) in [5, 5.41) is 28.3. The third-order valence-electron chi connectivity index (χ3n) is 3.53. The molecule has 25 heavy (non-hydrogen) atoms. The van der Waals surface area contributed by atoms with Gasteiger partial charge in [0.1, 0.15) is 6.07 Å². The van der Waals surface area contributed by atoms with Crippen LogP contribution in [0.1, 0.15) is 26.4 Å². The Balaban J connectivity index is 2.82. The number of esters is 2. The molecule has 0 saturated heterocycles. The zero-order chi connectivity index (χ0) is 18.7. The van der Waals surface area contributed by atoms with Gasteiger partial charge in [0.2, 0.25) is 0 Å². The Kier molecular flexibility index (Phi) is 5.12. The lowest BCUT2D eigenvalue weighted by Crippen LogP contribution is -2.34. The van der Waals surface area contributed by atoms with Crippen LogP contribution in [0.15, 0.2) is 24.4 Å². The molecule has 0 radical (unpaired) electrons. The minimum Gasteiger partial charge on any atom is -0.465 e. The average Bonchev–Trinajstić information content (AvgIpc) is 2.96. The highest BCUT2D eigenvalue weighted by Gasteiger charge is 2.26. The third-order valence-corrected chi connectivity index (χ3v) is 3.53. The Morgan fingerprint density at radius 1 is 1.24 bits per heavy atom. The van der Waals surface area contributed by atoms with E-state index in [0.29, 0.717) is 0 Å². The summed E-state index contributed by atoms with van der Waals surface area (Å²) in [5.41, 5.74) is 5.65. The maximum atomic E-state index is 12.1. The van der Waals surface area contributed by atoms with Gasteiger partial charge >= 0.3 is 19.1 Å². The highest BCUT2D eigenvalue weighted by Crippen LogP contribution is 2.24. The first kappa shape index (κ1) is 18.1. The highest BCUT2D eigenvalue weighted by molar-refractivity contribution is 6.60. The second kappa shape index (κ2) is 7.08. The predicted molar refractivity (Wildman–Crippen MR) is 87.4 cm³/mol. The van der Waals surface area contributed by atoms with E-state index in [-0.39, 0.29) is 33.7 Å². The Bertz CT molecular complexity index is 884. The van der Waals surface area contributed by atoms with Gasteiger partial charge in [-0.2, -0.15) is 5.26 Å². The second-order valence-electron chi connectivity index (χ2n) is 4.92. The fraction of sp³-hybridized carbons (Fsp3) is 0.133. The number of nitrogen functional groups attached to an aromatic ring is 1. The van der Waals surface area contributed by atoms with E-state index in [1.54, 1.807) is 0 Å². The van der Waals surface area contributed by atoms with Gasteiger partial charge in [-0.1, -0.05) is 6.07 Å². The van der Waals surface area contributed by atoms with Gasteiger partial charge in [0.25, 0.3) is 0 Å². The fourth-order valence-corrected chi connectivity index (χ4v) is 2.32. The number of ether oxygens (including phenoxy) is 2. The molecule has 0 unspecified atom stereocenters. The van der Waals surface area contributed by atoms with E-state index in [9.17, 15) is 19.6 Å². The van der Waals surface area contributed by atoms with Crippen molar-refractivity contribution in [2.75, 3.05) is 20.0 Å². The lowest BCUT2D eigenvalue weighted by molar-refractivity contribution is 0.0588. The summed E-state index contributed by atoms with van der Waals surface area (Å²) < 4.78 is 10.5. The number of nitrogens with zero attached hydrogens (tertiary/aromatic N) is 2. The van der Waals surface area contributed by atoms with Crippen molar-refractivity contribution in [2.24, 2.45) is 0 Å². The molecule has 0 saturated carbocycles. The van der Waals surface area contributed by atoms with Crippen LogP contribution in [0.2, 0.25) is 0 Å². The molecular formula is C15H14BN3O6. The molecule has 0 aliphatic rings. The summed E-state index contributed by atoms with van der Waals surface area (Å²) >= 11 is 0. The number of methoxy groups -OCH3 is 2. The van der Waals surface area contributed by atoms with Crippen LogP contribution >= 0.6 is 0 Å². The summed E-state index contributed by atoms with van der Waals surface area (Å²) in [6.45, 7) is 0. The maximum absolute atomic E-state index is 12.1. The molecular weight excluding hydrogens is 329 g/mol. The van der Waals surface area contributed by atoms with Gasteiger partial charge in [-0.05, 0) is 12.1 Å². The summed E-state index contributed by atoms with van der Waals surface area (Å²) in [7, 11) is 0.428. The molecule has 0 amide bonds. The largest absolute Gasteiger partial charge is 0.490 e. The monoisotopic (exact) mass is 343 g/mol. The molecule has 4 N–H and O–H groups in total. The molecule has 1 aromatic carbocycles. The summed E-state index contributed by atoms with van der Waals surface area (Å²) in [4.78, 5) is 23.8. The van der Waals surface area contributed by atoms with Crippen LogP contribution in [0.25, 0.3) is 5.69 Å². The molecule has 0 spiro atoms. The van der Waals surface area contributed by atoms with Gasteiger partial charge in [-0.25, -0.2) is 9.59 Å². The normalized spacial score (nSPS) is 10.0. The molecule has 1 heterocycles. The zero-order valence-corrected chi connectivity index (χ0v) is 13.4. The molecule has 0 atom stereocenters. The first-order valence-electron chi connectivity index (χ1n) is 6.93. The second-order valence-corrected chi connectivity index (χ2v) is 4.92. The lowest BCUT2D eigenvalue weighted by atomic mass is 9.78. The number of carbonyl (C=O) groups is 2.